The van der Waals surface area contributed by atoms with Crippen LogP contribution >= 0.6 is 0 Å². The van der Waals surface area contributed by atoms with Crippen molar-refractivity contribution in [2.75, 3.05) is 10.6 Å². The minimum atomic E-state index is 0.700. The smallest absolute Gasteiger partial charge is 0.0900 e. The number of pyridine rings is 6. The predicted octanol–water partition coefficient (Wildman–Crippen LogP) is 12.9. The Morgan fingerprint density at radius 1 is 0.266 bits per heavy atom. The lowest BCUT2D eigenvalue weighted by atomic mass is 9.96. The van der Waals surface area contributed by atoms with Gasteiger partial charge in [-0.2, -0.15) is 0 Å². The normalized spacial score (nSPS) is 11.9. The molecule has 64 heavy (non-hydrogen) atoms. The average molecular weight is 825 g/mol. The lowest BCUT2D eigenvalue weighted by molar-refractivity contribution is 1.05. The molecule has 0 saturated carbocycles. The van der Waals surface area contributed by atoms with Crippen LogP contribution in [-0.2, 0) is 13.1 Å². The third-order valence-electron chi connectivity index (χ3n) is 11.6. The Morgan fingerprint density at radius 2 is 0.562 bits per heavy atom. The number of nitrogens with zero attached hydrogens (tertiary/aromatic N) is 6. The van der Waals surface area contributed by atoms with Gasteiger partial charge in [0.15, 0.2) is 0 Å². The number of hydrogen-bond donors (Lipinski definition) is 2. The molecule has 8 nitrogen and oxygen atoms in total. The third-order valence-corrected chi connectivity index (χ3v) is 11.6. The van der Waals surface area contributed by atoms with Gasteiger partial charge >= 0.3 is 0 Å². The van der Waals surface area contributed by atoms with Crippen LogP contribution in [0.5, 0.6) is 0 Å². The van der Waals surface area contributed by atoms with Crippen LogP contribution in [0.25, 0.3) is 90.1 Å². The van der Waals surface area contributed by atoms with Gasteiger partial charge in [-0.05, 0) is 153 Å². The molecule has 0 fully saturated rings. The molecule has 11 rings (SSSR count). The van der Waals surface area contributed by atoms with Crippen LogP contribution < -0.4 is 10.6 Å². The number of benzene rings is 4. The molecule has 0 atom stereocenters. The van der Waals surface area contributed by atoms with Crippen LogP contribution in [0.1, 0.15) is 11.1 Å². The first kappa shape index (κ1) is 38.3. The van der Waals surface area contributed by atoms with Gasteiger partial charge in [0.2, 0.25) is 0 Å². The molecular weight excluding hydrogens is 785 g/mol. The summed E-state index contributed by atoms with van der Waals surface area (Å²) >= 11 is 0. The Bertz CT molecular complexity index is 2900. The molecular formula is C56H40N8. The molecule has 1 aliphatic rings. The van der Waals surface area contributed by atoms with Crippen LogP contribution in [-0.4, -0.2) is 29.9 Å². The Balaban J connectivity index is 0.814. The first-order chi connectivity index (χ1) is 31.7. The summed E-state index contributed by atoms with van der Waals surface area (Å²) in [4.78, 5) is 28.2. The quantitative estimate of drug-likeness (QED) is 0.156. The van der Waals surface area contributed by atoms with Crippen molar-refractivity contribution in [2.45, 2.75) is 13.1 Å². The predicted molar refractivity (Wildman–Crippen MR) is 258 cm³/mol. The van der Waals surface area contributed by atoms with Crippen LogP contribution in [0.15, 0.2) is 207 Å². The molecule has 0 aliphatic carbocycles. The van der Waals surface area contributed by atoms with Gasteiger partial charge in [0.05, 0.1) is 45.6 Å². The number of fused-ring (bicyclic) bond motifs is 2. The molecule has 2 N–H and O–H groups in total. The molecule has 6 aromatic heterocycles. The minimum absolute atomic E-state index is 0.700. The monoisotopic (exact) mass is 824 g/mol. The van der Waals surface area contributed by atoms with Gasteiger partial charge in [-0.15, -0.1) is 0 Å². The SMILES string of the molecule is c1ccc(-c2cc(-c3ccc(-c4ccc5c(c4)CNc4ccc(-c6ccc(-c7cc(-c8ccccn8)nc(-c8ccccn8)c7)cc6)cc4CN5)cc3)cc(-c3ccccn3)n2)nc1. The van der Waals surface area contributed by atoms with Crippen LogP contribution in [0.2, 0.25) is 0 Å². The topological polar surface area (TPSA) is 101 Å². The van der Waals surface area contributed by atoms with E-state index < -0.39 is 0 Å². The van der Waals surface area contributed by atoms with Gasteiger partial charge in [-0.3, -0.25) is 19.9 Å². The van der Waals surface area contributed by atoms with Crippen molar-refractivity contribution in [3.8, 4) is 90.1 Å². The molecule has 10 aromatic rings. The first-order valence-corrected chi connectivity index (χ1v) is 21.3. The second-order valence-electron chi connectivity index (χ2n) is 15.7. The highest BCUT2D eigenvalue weighted by Crippen LogP contribution is 2.35. The lowest BCUT2D eigenvalue weighted by Crippen LogP contribution is -2.12. The molecule has 0 bridgehead atoms. The number of rotatable bonds is 8. The fourth-order valence-corrected chi connectivity index (χ4v) is 8.25. The fraction of sp³-hybridized carbons (Fsp3) is 0.0357. The summed E-state index contributed by atoms with van der Waals surface area (Å²) in [6.07, 6.45) is 7.19. The number of aromatic nitrogens is 6. The van der Waals surface area contributed by atoms with E-state index in [0.29, 0.717) is 13.1 Å². The standard InChI is InChI=1S/C56H40N8/c1-5-25-57-49(9-1)53-31-43(32-54(63-53)50-10-2-6-26-58-50)39-17-13-37(14-18-39)41-21-23-47-45(29-41)35-61-48-24-22-42(30-46(48)36-62-47)38-15-19-40(20-16-38)44-33-55(51-11-3-7-27-59-51)64-56(34-44)52-12-4-8-28-60-52/h1-34,61-62H,35-36H2. The van der Waals surface area contributed by atoms with E-state index in [1.54, 1.807) is 24.8 Å². The summed E-state index contributed by atoms with van der Waals surface area (Å²) < 4.78 is 0. The highest BCUT2D eigenvalue weighted by Gasteiger charge is 2.16. The second kappa shape index (κ2) is 17.0. The van der Waals surface area contributed by atoms with Gasteiger partial charge in [0, 0.05) is 49.3 Å². The molecule has 0 saturated heterocycles. The maximum Gasteiger partial charge on any atom is 0.0900 e. The zero-order valence-corrected chi connectivity index (χ0v) is 34.7. The molecule has 304 valence electrons. The maximum atomic E-state index is 4.94. The summed E-state index contributed by atoms with van der Waals surface area (Å²) in [6, 6.07) is 62.9. The van der Waals surface area contributed by atoms with Crippen molar-refractivity contribution in [1.29, 1.82) is 0 Å². The zero-order chi connectivity index (χ0) is 42.7. The maximum absolute atomic E-state index is 4.94. The van der Waals surface area contributed by atoms with E-state index in [0.717, 1.165) is 90.3 Å². The highest BCUT2D eigenvalue weighted by atomic mass is 14.9. The van der Waals surface area contributed by atoms with Gasteiger partial charge in [0.1, 0.15) is 0 Å². The molecule has 0 spiro atoms. The van der Waals surface area contributed by atoms with E-state index in [-0.39, 0.29) is 0 Å². The van der Waals surface area contributed by atoms with Gasteiger partial charge in [-0.25, -0.2) is 9.97 Å². The van der Waals surface area contributed by atoms with Crippen molar-refractivity contribution in [3.05, 3.63) is 218 Å². The highest BCUT2D eigenvalue weighted by molar-refractivity contribution is 5.80. The molecule has 1 aliphatic heterocycles. The molecule has 0 radical (unpaired) electrons. The average Bonchev–Trinajstić information content (AvgIpc) is 3.38. The first-order valence-electron chi connectivity index (χ1n) is 21.3. The van der Waals surface area contributed by atoms with E-state index in [2.05, 4.69) is 140 Å². The van der Waals surface area contributed by atoms with Gasteiger partial charge in [-0.1, -0.05) is 84.9 Å². The molecule has 0 amide bonds. The van der Waals surface area contributed by atoms with E-state index in [1.165, 1.54) is 22.3 Å². The lowest BCUT2D eigenvalue weighted by Gasteiger charge is -2.22. The van der Waals surface area contributed by atoms with Crippen LogP contribution in [0.4, 0.5) is 11.4 Å². The molecule has 0 unspecified atom stereocenters. The number of nitrogens with one attached hydrogen (secondary N) is 2. The third kappa shape index (κ3) is 7.99. The summed E-state index contributed by atoms with van der Waals surface area (Å²) in [6.45, 7) is 1.40. The largest absolute Gasteiger partial charge is 0.381 e. The fourth-order valence-electron chi connectivity index (χ4n) is 8.25. The Morgan fingerprint density at radius 3 is 0.859 bits per heavy atom. The van der Waals surface area contributed by atoms with E-state index >= 15 is 0 Å². The number of anilines is 2. The summed E-state index contributed by atoms with van der Waals surface area (Å²) in [7, 11) is 0. The van der Waals surface area contributed by atoms with E-state index in [9.17, 15) is 0 Å². The zero-order valence-electron chi connectivity index (χ0n) is 34.7. The summed E-state index contributed by atoms with van der Waals surface area (Å²) in [5, 5.41) is 7.49. The molecule has 4 aromatic carbocycles. The molecule has 8 heteroatoms. The van der Waals surface area contributed by atoms with Crippen molar-refractivity contribution < 1.29 is 0 Å². The second-order valence-corrected chi connectivity index (χ2v) is 15.7. The van der Waals surface area contributed by atoms with Crippen LogP contribution in [0, 0.1) is 0 Å². The van der Waals surface area contributed by atoms with Gasteiger partial charge in [0.25, 0.3) is 0 Å². The van der Waals surface area contributed by atoms with Crippen LogP contribution in [0.3, 0.4) is 0 Å². The minimum Gasteiger partial charge on any atom is -0.381 e. The van der Waals surface area contributed by atoms with E-state index in [1.807, 2.05) is 72.8 Å². The van der Waals surface area contributed by atoms with Crippen molar-refractivity contribution >= 4 is 11.4 Å². The van der Waals surface area contributed by atoms with Gasteiger partial charge < -0.3 is 10.6 Å². The Labute approximate surface area is 371 Å². The number of hydrogen-bond acceptors (Lipinski definition) is 8. The van der Waals surface area contributed by atoms with Crippen molar-refractivity contribution in [1.82, 2.24) is 29.9 Å². The Kier molecular flexibility index (Phi) is 10.2. The Hall–Kier alpha value is -8.62. The summed E-state index contributed by atoms with van der Waals surface area (Å²) in [5.74, 6) is 0. The van der Waals surface area contributed by atoms with E-state index in [4.69, 9.17) is 9.97 Å². The summed E-state index contributed by atoms with van der Waals surface area (Å²) in [5.41, 5.74) is 20.2. The van der Waals surface area contributed by atoms with Crippen molar-refractivity contribution in [2.24, 2.45) is 0 Å². The van der Waals surface area contributed by atoms with Crippen molar-refractivity contribution in [3.63, 3.8) is 0 Å². The molecule has 7 heterocycles.